The Balaban J connectivity index is 0.000000223. The molecule has 4 atom stereocenters. The van der Waals surface area contributed by atoms with Crippen molar-refractivity contribution in [2.24, 2.45) is 11.8 Å². The quantitative estimate of drug-likeness (QED) is 0.277. The Kier molecular flexibility index (Phi) is 11.6. The molecule has 44 heavy (non-hydrogen) atoms. The van der Waals surface area contributed by atoms with E-state index in [2.05, 4.69) is 0 Å². The van der Waals surface area contributed by atoms with Crippen LogP contribution in [0.15, 0.2) is 77.7 Å². The van der Waals surface area contributed by atoms with Crippen LogP contribution < -0.4 is 0 Å². The highest BCUT2D eigenvalue weighted by molar-refractivity contribution is 7.86. The number of carbonyl (C=O) groups excluding carboxylic acids is 2. The summed E-state index contributed by atoms with van der Waals surface area (Å²) < 4.78 is 56.3. The zero-order valence-electron chi connectivity index (χ0n) is 24.6. The fourth-order valence-electron chi connectivity index (χ4n) is 5.91. The van der Waals surface area contributed by atoms with Crippen LogP contribution in [0, 0.1) is 30.4 Å². The van der Waals surface area contributed by atoms with E-state index in [1.54, 1.807) is 46.2 Å². The van der Waals surface area contributed by atoms with E-state index in [-0.39, 0.29) is 53.4 Å². The molecule has 1 N–H and O–H groups in total. The molecular weight excluding hydrogens is 590 g/mol. The van der Waals surface area contributed by atoms with Crippen molar-refractivity contribution in [3.8, 4) is 0 Å². The van der Waals surface area contributed by atoms with Gasteiger partial charge in [-0.05, 0) is 79.1 Å². The second kappa shape index (κ2) is 15.4. The molecule has 0 aliphatic carbocycles. The van der Waals surface area contributed by atoms with Crippen LogP contribution in [0.1, 0.15) is 41.4 Å². The second-order valence-electron chi connectivity index (χ2n) is 11.3. The van der Waals surface area contributed by atoms with Gasteiger partial charge in [0.2, 0.25) is 12.8 Å². The topological polar surface area (TPSA) is 104 Å². The molecule has 0 saturated carbocycles. The number of rotatable bonds is 9. The lowest BCUT2D eigenvalue weighted by Crippen LogP contribution is -2.41. The number of aliphatic hydroxyl groups excluding tert-OH is 1. The Morgan fingerprint density at radius 2 is 1.23 bits per heavy atom. The normalized spacial score (nSPS) is 22.1. The number of amides is 2. The minimum atomic E-state index is -3.88. The lowest BCUT2D eigenvalue weighted by atomic mass is 9.81. The molecule has 2 amide bonds. The average molecular weight is 629 g/mol. The lowest BCUT2D eigenvalue weighted by molar-refractivity contribution is -0.121. The first kappa shape index (κ1) is 33.2. The van der Waals surface area contributed by atoms with Gasteiger partial charge in [-0.2, -0.15) is 8.42 Å². The Labute approximate surface area is 257 Å². The van der Waals surface area contributed by atoms with E-state index in [4.69, 9.17) is 4.18 Å². The van der Waals surface area contributed by atoms with E-state index in [1.807, 2.05) is 6.92 Å². The summed E-state index contributed by atoms with van der Waals surface area (Å²) in [6.45, 7) is 4.13. The molecule has 2 saturated heterocycles. The third-order valence-corrected chi connectivity index (χ3v) is 9.70. The second-order valence-corrected chi connectivity index (χ2v) is 13.0. The molecule has 0 aromatic heterocycles. The van der Waals surface area contributed by atoms with Crippen LogP contribution in [0.4, 0.5) is 8.78 Å². The highest BCUT2D eigenvalue weighted by atomic mass is 32.2. The Morgan fingerprint density at radius 1 is 0.773 bits per heavy atom. The summed E-state index contributed by atoms with van der Waals surface area (Å²) in [4.78, 5) is 25.3. The van der Waals surface area contributed by atoms with Gasteiger partial charge in [-0.15, -0.1) is 0 Å². The first-order valence-corrected chi connectivity index (χ1v) is 16.0. The molecule has 236 valence electrons. The van der Waals surface area contributed by atoms with Gasteiger partial charge < -0.3 is 14.9 Å². The Hall–Kier alpha value is -3.67. The molecule has 2 fully saturated rings. The monoisotopic (exact) mass is 628 g/mol. The standard InChI is InChI=1S/C20H22FNO4S.C13H16FNO2/c1-15-2-8-19(9-3-15)27(24,25)26-13-17-12-22(14-23)11-10-20(17)16-4-6-18(21)7-5-16;14-12-3-1-10(2-4-12)13-5-6-15(9-17)7-11(13)8-16/h2-9,14,17,20H,10-13H2,1H3;1-4,9,11,13,16H,5-8H2. The van der Waals surface area contributed by atoms with Crippen LogP contribution >= 0.6 is 0 Å². The molecule has 8 nitrogen and oxygen atoms in total. The zero-order valence-corrected chi connectivity index (χ0v) is 25.4. The maximum absolute atomic E-state index is 13.2. The van der Waals surface area contributed by atoms with Crippen molar-refractivity contribution in [3.05, 3.63) is 101 Å². The van der Waals surface area contributed by atoms with Crippen molar-refractivity contribution in [2.75, 3.05) is 39.4 Å². The molecule has 4 unspecified atom stereocenters. The predicted molar refractivity (Wildman–Crippen MR) is 161 cm³/mol. The molecule has 0 radical (unpaired) electrons. The summed E-state index contributed by atoms with van der Waals surface area (Å²) in [5, 5.41) is 9.37. The number of hydrogen-bond acceptors (Lipinski definition) is 6. The van der Waals surface area contributed by atoms with Gasteiger partial charge in [0.1, 0.15) is 11.6 Å². The average Bonchev–Trinajstić information content (AvgIpc) is 3.04. The third-order valence-electron chi connectivity index (χ3n) is 8.41. The largest absolute Gasteiger partial charge is 0.396 e. The molecule has 2 heterocycles. The maximum Gasteiger partial charge on any atom is 0.296 e. The summed E-state index contributed by atoms with van der Waals surface area (Å²) in [5.74, 6) is -0.528. The fraction of sp³-hybridized carbons (Fsp3) is 0.394. The minimum absolute atomic E-state index is 0.00461. The van der Waals surface area contributed by atoms with Gasteiger partial charge in [0.25, 0.3) is 10.1 Å². The summed E-state index contributed by atoms with van der Waals surface area (Å²) in [5.41, 5.74) is 2.92. The van der Waals surface area contributed by atoms with E-state index in [0.717, 1.165) is 35.9 Å². The number of benzene rings is 3. The van der Waals surface area contributed by atoms with E-state index in [1.165, 1.54) is 36.4 Å². The van der Waals surface area contributed by atoms with Gasteiger partial charge in [-0.1, -0.05) is 42.0 Å². The van der Waals surface area contributed by atoms with Crippen LogP contribution in [0.5, 0.6) is 0 Å². The zero-order chi connectivity index (χ0) is 31.7. The van der Waals surface area contributed by atoms with Gasteiger partial charge in [-0.25, -0.2) is 8.78 Å². The number of nitrogens with zero attached hydrogens (tertiary/aromatic N) is 2. The number of likely N-dealkylation sites (tertiary alicyclic amines) is 2. The number of piperidine rings is 2. The molecule has 5 rings (SSSR count). The van der Waals surface area contributed by atoms with E-state index in [0.29, 0.717) is 32.6 Å². The Morgan fingerprint density at radius 3 is 1.68 bits per heavy atom. The van der Waals surface area contributed by atoms with Crippen molar-refractivity contribution in [2.45, 2.75) is 36.5 Å². The number of aryl methyl sites for hydroxylation is 1. The third kappa shape index (κ3) is 8.71. The number of aliphatic hydroxyl groups is 1. The molecular formula is C33H38F2N2O6S. The number of hydrogen-bond donors (Lipinski definition) is 1. The molecule has 2 aliphatic rings. The van der Waals surface area contributed by atoms with Gasteiger partial charge in [-0.3, -0.25) is 13.8 Å². The SMILES string of the molecule is Cc1ccc(S(=O)(=O)OCC2CN(C=O)CCC2c2ccc(F)cc2)cc1.O=CN1CCC(c2ccc(F)cc2)C(CO)C1. The Bertz CT molecular complexity index is 1470. The van der Waals surface area contributed by atoms with E-state index >= 15 is 0 Å². The predicted octanol–water partition coefficient (Wildman–Crippen LogP) is 4.48. The van der Waals surface area contributed by atoms with Crippen LogP contribution in [0.2, 0.25) is 0 Å². The smallest absolute Gasteiger partial charge is 0.296 e. The van der Waals surface area contributed by atoms with Crippen molar-refractivity contribution >= 4 is 22.9 Å². The summed E-state index contributed by atoms with van der Waals surface area (Å²) in [6, 6.07) is 19.1. The van der Waals surface area contributed by atoms with Crippen molar-refractivity contribution < 1.29 is 36.1 Å². The van der Waals surface area contributed by atoms with Crippen molar-refractivity contribution in [1.82, 2.24) is 9.80 Å². The van der Waals surface area contributed by atoms with Gasteiger partial charge in [0, 0.05) is 44.6 Å². The van der Waals surface area contributed by atoms with Gasteiger partial charge in [0.15, 0.2) is 0 Å². The summed E-state index contributed by atoms with van der Waals surface area (Å²) >= 11 is 0. The summed E-state index contributed by atoms with van der Waals surface area (Å²) in [6.07, 6.45) is 3.07. The highest BCUT2D eigenvalue weighted by Gasteiger charge is 2.32. The molecule has 11 heteroatoms. The van der Waals surface area contributed by atoms with E-state index < -0.39 is 10.1 Å². The van der Waals surface area contributed by atoms with Crippen molar-refractivity contribution in [1.29, 1.82) is 0 Å². The molecule has 3 aromatic carbocycles. The van der Waals surface area contributed by atoms with Crippen LogP contribution in [-0.4, -0.2) is 75.5 Å². The molecule has 0 bridgehead atoms. The van der Waals surface area contributed by atoms with E-state index in [9.17, 15) is 31.9 Å². The number of carbonyl (C=O) groups is 2. The first-order valence-electron chi connectivity index (χ1n) is 14.6. The summed E-state index contributed by atoms with van der Waals surface area (Å²) in [7, 11) is -3.88. The van der Waals surface area contributed by atoms with Crippen LogP contribution in [0.3, 0.4) is 0 Å². The highest BCUT2D eigenvalue weighted by Crippen LogP contribution is 2.34. The maximum atomic E-state index is 13.2. The molecule has 3 aromatic rings. The van der Waals surface area contributed by atoms with Crippen molar-refractivity contribution in [3.63, 3.8) is 0 Å². The number of halogens is 2. The first-order chi connectivity index (χ1) is 21.1. The van der Waals surface area contributed by atoms with Crippen LogP contribution in [-0.2, 0) is 23.9 Å². The van der Waals surface area contributed by atoms with Gasteiger partial charge in [0.05, 0.1) is 11.5 Å². The van der Waals surface area contributed by atoms with Gasteiger partial charge >= 0.3 is 0 Å². The fourth-order valence-corrected chi connectivity index (χ4v) is 6.87. The lowest BCUT2D eigenvalue weighted by Gasteiger charge is -2.36. The molecule has 0 spiro atoms. The molecule has 2 aliphatic heterocycles. The minimum Gasteiger partial charge on any atom is -0.396 e. The van der Waals surface area contributed by atoms with Crippen LogP contribution in [0.25, 0.3) is 0 Å².